The van der Waals surface area contributed by atoms with Crippen LogP contribution in [0.15, 0.2) is 182 Å². The van der Waals surface area contributed by atoms with Crippen molar-refractivity contribution in [1.29, 1.82) is 0 Å². The van der Waals surface area contributed by atoms with E-state index < -0.39 is 91.5 Å². The second-order valence-corrected chi connectivity index (χ2v) is 29.7. The second kappa shape index (κ2) is 80.2. The van der Waals surface area contributed by atoms with Gasteiger partial charge in [0.05, 0.1) is 26.4 Å². The van der Waals surface area contributed by atoms with Gasteiger partial charge in [0, 0.05) is 19.3 Å². The number of phosphoric acid groups is 2. The van der Waals surface area contributed by atoms with Gasteiger partial charge in [0.15, 0.2) is 6.10 Å². The van der Waals surface area contributed by atoms with Gasteiger partial charge in [-0.05, 0) is 148 Å². The molecule has 16 nitrogen and oxygen atoms in total. The summed E-state index contributed by atoms with van der Waals surface area (Å²) in [6.07, 6.45) is 104. The maximum atomic E-state index is 13.0. The minimum atomic E-state index is -4.96. The summed E-state index contributed by atoms with van der Waals surface area (Å²) >= 11 is 0. The summed E-state index contributed by atoms with van der Waals surface area (Å²) < 4.78 is 61.1. The molecule has 0 aliphatic rings. The van der Waals surface area contributed by atoms with Crippen molar-refractivity contribution >= 4 is 33.6 Å². The van der Waals surface area contributed by atoms with Gasteiger partial charge in [-0.3, -0.25) is 32.5 Å². The Morgan fingerprint density at radius 3 is 0.766 bits per heavy atom. The lowest BCUT2D eigenvalue weighted by Crippen LogP contribution is -2.30. The maximum Gasteiger partial charge on any atom is 0.472 e. The van der Waals surface area contributed by atoms with Crippen LogP contribution in [0.25, 0.3) is 0 Å². The maximum absolute atomic E-state index is 13.0. The number of carbonyl (C=O) groups excluding carboxylic acids is 3. The molecule has 0 aliphatic carbocycles. The summed E-state index contributed by atoms with van der Waals surface area (Å²) in [7, 11) is -9.83. The minimum Gasteiger partial charge on any atom is -0.463 e. The molecule has 4 N–H and O–H groups in total. The Bertz CT molecular complexity index is 2670. The minimum absolute atomic E-state index is 0.0174. The lowest BCUT2D eigenvalue weighted by atomic mass is 10.0. The van der Waals surface area contributed by atoms with Crippen LogP contribution >= 0.6 is 15.6 Å². The lowest BCUT2D eigenvalue weighted by Gasteiger charge is -2.21. The number of phosphoric ester groups is 2. The van der Waals surface area contributed by atoms with Crippen LogP contribution in [0.5, 0.6) is 0 Å². The Morgan fingerprint density at radius 1 is 0.262 bits per heavy atom. The van der Waals surface area contributed by atoms with Gasteiger partial charge in [0.1, 0.15) is 25.4 Å². The fourth-order valence-electron chi connectivity index (χ4n) is 10.5. The van der Waals surface area contributed by atoms with E-state index in [-0.39, 0.29) is 19.3 Å². The molecule has 107 heavy (non-hydrogen) atoms. The Balaban J connectivity index is 4.58. The number of aliphatic hydroxyl groups is 2. The van der Waals surface area contributed by atoms with Crippen molar-refractivity contribution < 1.29 is 75.8 Å². The van der Waals surface area contributed by atoms with Crippen molar-refractivity contribution in [2.45, 2.75) is 322 Å². The molecule has 18 heteroatoms. The molecule has 0 heterocycles. The topological polar surface area (TPSA) is 231 Å². The molecule has 0 fully saturated rings. The number of esters is 3. The first kappa shape index (κ1) is 102. The first-order chi connectivity index (χ1) is 52.2. The van der Waals surface area contributed by atoms with Crippen LogP contribution in [-0.2, 0) is 55.8 Å². The molecule has 0 radical (unpaired) electrons. The zero-order valence-electron chi connectivity index (χ0n) is 66.5. The van der Waals surface area contributed by atoms with Crippen LogP contribution in [0, 0.1) is 0 Å². The summed E-state index contributed by atoms with van der Waals surface area (Å²) in [4.78, 5) is 58.7. The Labute approximate surface area is 649 Å². The normalized spacial score (nSPS) is 14.9. The standard InChI is InChI=1S/C89H146O16P2/c1-4-7-10-13-16-19-22-25-28-31-33-35-37-38-39-40-41-42-43-44-46-48-49-52-54-57-60-63-66-69-72-75-87(92)99-78-84(90)79-101-106(95,96)102-80-85(91)81-103-107(97,98)104-83-86(105-89(94)77-74-71-68-65-62-59-56-51-30-27-24-21-18-15-12-9-6-3)82-100-88(93)76-73-70-67-64-61-58-55-53-50-47-45-36-34-32-29-26-23-20-17-14-11-8-5-2/h7-12,16-21,25-30,33-36,38-39,47,50,56,59,65,68,84-86,90-91H,4-6,13-15,22-24,31-32,37,40-46,48-49,51-55,57-58,60-64,66-67,69-83H2,1-3H3,(H,95,96)(H,97,98)/b10-7-,11-8-,12-9-,19-16-,20-17-,21-18-,28-25-,29-26-,30-27-,35-33-,36-34-,39-38-,50-47-,59-56-,68-65-. The highest BCUT2D eigenvalue weighted by molar-refractivity contribution is 7.47. The number of aliphatic hydroxyl groups excluding tert-OH is 2. The Hall–Kier alpha value is -5.35. The van der Waals surface area contributed by atoms with Crippen molar-refractivity contribution in [3.8, 4) is 0 Å². The predicted octanol–water partition coefficient (Wildman–Crippen LogP) is 24.5. The molecule has 0 rings (SSSR count). The zero-order valence-corrected chi connectivity index (χ0v) is 68.3. The molecule has 0 bridgehead atoms. The van der Waals surface area contributed by atoms with E-state index in [0.717, 1.165) is 161 Å². The molecule has 0 amide bonds. The van der Waals surface area contributed by atoms with Crippen molar-refractivity contribution in [2.75, 3.05) is 39.6 Å². The van der Waals surface area contributed by atoms with Gasteiger partial charge in [0.2, 0.25) is 0 Å². The molecule has 0 saturated heterocycles. The highest BCUT2D eigenvalue weighted by Crippen LogP contribution is 2.45. The Kier molecular flexibility index (Phi) is 76.2. The molecule has 5 atom stereocenters. The van der Waals surface area contributed by atoms with Crippen LogP contribution in [0.3, 0.4) is 0 Å². The predicted molar refractivity (Wildman–Crippen MR) is 445 cm³/mol. The second-order valence-electron chi connectivity index (χ2n) is 26.8. The van der Waals surface area contributed by atoms with Gasteiger partial charge < -0.3 is 34.2 Å². The van der Waals surface area contributed by atoms with E-state index in [2.05, 4.69) is 191 Å². The number of carbonyl (C=O) groups is 3. The van der Waals surface area contributed by atoms with E-state index in [1.165, 1.54) is 77.0 Å². The quantitative estimate of drug-likeness (QED) is 0.0146. The molecular formula is C89H146O16P2. The average molecular weight is 1530 g/mol. The number of rotatable bonds is 76. The highest BCUT2D eigenvalue weighted by atomic mass is 31.2. The van der Waals surface area contributed by atoms with E-state index in [1.54, 1.807) is 0 Å². The van der Waals surface area contributed by atoms with Crippen molar-refractivity contribution in [1.82, 2.24) is 0 Å². The SMILES string of the molecule is CC/C=C\C/C=C\C/C=C\C/C=C\C/C=C\CCCCCCCCCCCCCCCCCC(=O)OCC(O)COP(=O)(O)OCC(O)COP(=O)(O)OCC(COC(=O)CCCCCCCCC/C=C\C/C=C\C/C=C\C/C=C\C/C=C\CC)OC(=O)CCC/C=C\C/C=C\C/C=C\C/C=C\C/C=C\CC. The fraction of sp³-hybridized carbons (Fsp3) is 0.629. The Morgan fingerprint density at radius 2 is 0.477 bits per heavy atom. The van der Waals surface area contributed by atoms with Gasteiger partial charge in [-0.2, -0.15) is 0 Å². The molecule has 5 unspecified atom stereocenters. The van der Waals surface area contributed by atoms with Crippen LogP contribution in [0.1, 0.15) is 303 Å². The fourth-order valence-corrected chi connectivity index (χ4v) is 12.1. The first-order valence-electron chi connectivity index (χ1n) is 41.1. The third kappa shape index (κ3) is 81.5. The number of allylic oxidation sites excluding steroid dienone is 30. The summed E-state index contributed by atoms with van der Waals surface area (Å²) in [6.45, 7) is 2.25. The molecule has 0 aromatic rings. The van der Waals surface area contributed by atoms with Crippen LogP contribution in [0.4, 0.5) is 0 Å². The summed E-state index contributed by atoms with van der Waals surface area (Å²) in [6, 6.07) is 0. The summed E-state index contributed by atoms with van der Waals surface area (Å²) in [5.74, 6) is -1.66. The number of hydrogen-bond acceptors (Lipinski definition) is 14. The van der Waals surface area contributed by atoms with Crippen molar-refractivity contribution in [2.24, 2.45) is 0 Å². The van der Waals surface area contributed by atoms with Gasteiger partial charge in [0.25, 0.3) is 0 Å². The van der Waals surface area contributed by atoms with Gasteiger partial charge in [-0.15, -0.1) is 0 Å². The average Bonchev–Trinajstić information content (AvgIpc) is 0.909. The number of ether oxygens (including phenoxy) is 3. The van der Waals surface area contributed by atoms with Crippen LogP contribution < -0.4 is 0 Å². The monoisotopic (exact) mass is 1530 g/mol. The zero-order chi connectivity index (χ0) is 78.0. The van der Waals surface area contributed by atoms with Gasteiger partial charge >= 0.3 is 33.6 Å². The van der Waals surface area contributed by atoms with Gasteiger partial charge in [-0.1, -0.05) is 319 Å². The van der Waals surface area contributed by atoms with Crippen molar-refractivity contribution in [3.63, 3.8) is 0 Å². The molecular weight excluding hydrogens is 1390 g/mol. The third-order valence-electron chi connectivity index (χ3n) is 16.6. The third-order valence-corrected chi connectivity index (χ3v) is 18.5. The molecule has 0 aliphatic heterocycles. The first-order valence-corrected chi connectivity index (χ1v) is 44.1. The molecule has 0 aromatic carbocycles. The molecule has 0 spiro atoms. The molecule has 0 aromatic heterocycles. The van der Waals surface area contributed by atoms with E-state index >= 15 is 0 Å². The van der Waals surface area contributed by atoms with E-state index in [1.807, 2.05) is 12.2 Å². The van der Waals surface area contributed by atoms with E-state index in [9.17, 15) is 43.5 Å². The van der Waals surface area contributed by atoms with E-state index in [4.69, 9.17) is 32.3 Å². The van der Waals surface area contributed by atoms with Gasteiger partial charge in [-0.25, -0.2) is 9.13 Å². The van der Waals surface area contributed by atoms with Crippen LogP contribution in [-0.4, -0.2) is 95.9 Å². The lowest BCUT2D eigenvalue weighted by molar-refractivity contribution is -0.161. The van der Waals surface area contributed by atoms with E-state index in [0.29, 0.717) is 25.7 Å². The molecule has 0 saturated carbocycles. The highest BCUT2D eigenvalue weighted by Gasteiger charge is 2.29. The largest absolute Gasteiger partial charge is 0.472 e. The van der Waals surface area contributed by atoms with Crippen molar-refractivity contribution in [3.05, 3.63) is 182 Å². The summed E-state index contributed by atoms with van der Waals surface area (Å²) in [5.41, 5.74) is 0. The smallest absolute Gasteiger partial charge is 0.463 e. The summed E-state index contributed by atoms with van der Waals surface area (Å²) in [5, 5.41) is 20.7. The molecule has 608 valence electrons. The number of unbranched alkanes of at least 4 members (excludes halogenated alkanes) is 23. The van der Waals surface area contributed by atoms with Crippen LogP contribution in [0.2, 0.25) is 0 Å². The number of hydrogen-bond donors (Lipinski definition) is 4.